The van der Waals surface area contributed by atoms with E-state index in [4.69, 9.17) is 4.18 Å². The average molecular weight is 436 g/mol. The minimum atomic E-state index is -3.58. The molecule has 0 saturated heterocycles. The molecule has 0 aromatic carbocycles. The Morgan fingerprint density at radius 3 is 2.19 bits per heavy atom. The van der Waals surface area contributed by atoms with E-state index in [-0.39, 0.29) is 0 Å². The molecule has 0 aliphatic rings. The Morgan fingerprint density at radius 2 is 1.71 bits per heavy atom. The van der Waals surface area contributed by atoms with Crippen molar-refractivity contribution in [3.05, 3.63) is 57.0 Å². The van der Waals surface area contributed by atoms with Gasteiger partial charge in [-0.15, -0.1) is 0 Å². The summed E-state index contributed by atoms with van der Waals surface area (Å²) in [5.74, 6) is 0. The summed E-state index contributed by atoms with van der Waals surface area (Å²) in [6, 6.07) is 7.18. The fraction of sp³-hybridized carbons (Fsp3) is 0.231. The summed E-state index contributed by atoms with van der Waals surface area (Å²) in [5, 5.41) is 0. The number of hydrogen-bond donors (Lipinski definition) is 0. The van der Waals surface area contributed by atoms with Gasteiger partial charge in [0.1, 0.15) is 15.3 Å². The van der Waals surface area contributed by atoms with Crippen LogP contribution < -0.4 is 0 Å². The molecule has 2 rings (SSSR count). The SMILES string of the molecule is CS(=O)(=O)OC(Cc1ccc(Br)nc1)c1ccc(Br)nc1. The van der Waals surface area contributed by atoms with E-state index in [1.54, 1.807) is 30.6 Å². The first-order valence-corrected chi connectivity index (χ1v) is 9.34. The molecule has 0 spiro atoms. The quantitative estimate of drug-likeness (QED) is 0.532. The lowest BCUT2D eigenvalue weighted by Crippen LogP contribution is -2.13. The van der Waals surface area contributed by atoms with Gasteiger partial charge in [0.05, 0.1) is 6.26 Å². The smallest absolute Gasteiger partial charge is 0.262 e. The number of halogens is 2. The summed E-state index contributed by atoms with van der Waals surface area (Å²) in [6.07, 6.45) is 4.05. The Labute approximate surface area is 140 Å². The molecular formula is C13H12Br2N2O3S. The summed E-state index contributed by atoms with van der Waals surface area (Å²) < 4.78 is 29.5. The van der Waals surface area contributed by atoms with Crippen LogP contribution >= 0.6 is 31.9 Å². The van der Waals surface area contributed by atoms with Gasteiger partial charge in [-0.2, -0.15) is 8.42 Å². The predicted octanol–water partition coefficient (Wildman–Crippen LogP) is 3.26. The predicted molar refractivity (Wildman–Crippen MR) is 86.2 cm³/mol. The van der Waals surface area contributed by atoms with Crippen molar-refractivity contribution in [2.75, 3.05) is 6.26 Å². The first kappa shape index (κ1) is 16.5. The van der Waals surface area contributed by atoms with E-state index in [9.17, 15) is 8.42 Å². The van der Waals surface area contributed by atoms with Gasteiger partial charge in [0.25, 0.3) is 10.1 Å². The Bertz CT molecular complexity index is 703. The van der Waals surface area contributed by atoms with E-state index < -0.39 is 16.2 Å². The third-order valence-electron chi connectivity index (χ3n) is 2.62. The summed E-state index contributed by atoms with van der Waals surface area (Å²) in [6.45, 7) is 0. The number of rotatable bonds is 5. The second kappa shape index (κ2) is 6.95. The van der Waals surface area contributed by atoms with Crippen LogP contribution in [0.1, 0.15) is 17.2 Å². The van der Waals surface area contributed by atoms with E-state index in [1.165, 1.54) is 0 Å². The van der Waals surface area contributed by atoms with Crippen LogP contribution in [-0.2, 0) is 20.7 Å². The first-order chi connectivity index (χ1) is 9.83. The molecule has 0 radical (unpaired) electrons. The number of aromatic nitrogens is 2. The number of pyridine rings is 2. The van der Waals surface area contributed by atoms with Gasteiger partial charge in [0, 0.05) is 24.4 Å². The van der Waals surface area contributed by atoms with Gasteiger partial charge in [-0.1, -0.05) is 12.1 Å². The van der Waals surface area contributed by atoms with Crippen molar-refractivity contribution in [1.29, 1.82) is 0 Å². The topological polar surface area (TPSA) is 69.2 Å². The molecule has 0 amide bonds. The summed E-state index contributed by atoms with van der Waals surface area (Å²) in [7, 11) is -3.58. The van der Waals surface area contributed by atoms with E-state index in [0.29, 0.717) is 16.6 Å². The maximum Gasteiger partial charge on any atom is 0.264 e. The molecule has 0 fully saturated rings. The Balaban J connectivity index is 2.27. The zero-order valence-corrected chi connectivity index (χ0v) is 15.0. The Morgan fingerprint density at radius 1 is 1.10 bits per heavy atom. The van der Waals surface area contributed by atoms with Gasteiger partial charge in [-0.25, -0.2) is 9.97 Å². The van der Waals surface area contributed by atoms with Crippen LogP contribution in [0.4, 0.5) is 0 Å². The van der Waals surface area contributed by atoms with Crippen molar-refractivity contribution >= 4 is 42.0 Å². The highest BCUT2D eigenvalue weighted by atomic mass is 79.9. The van der Waals surface area contributed by atoms with Crippen molar-refractivity contribution in [3.8, 4) is 0 Å². The normalized spacial score (nSPS) is 13.1. The second-order valence-corrected chi connectivity index (χ2v) is 7.62. The summed E-state index contributed by atoms with van der Waals surface area (Å²) >= 11 is 6.51. The largest absolute Gasteiger partial charge is 0.264 e. The van der Waals surface area contributed by atoms with Crippen LogP contribution in [0.5, 0.6) is 0 Å². The Kier molecular flexibility index (Phi) is 5.48. The molecule has 0 aliphatic carbocycles. The molecule has 1 atom stereocenters. The molecule has 0 N–H and O–H groups in total. The summed E-state index contributed by atoms with van der Waals surface area (Å²) in [4.78, 5) is 8.23. The molecule has 2 heterocycles. The highest BCUT2D eigenvalue weighted by Crippen LogP contribution is 2.24. The van der Waals surface area contributed by atoms with E-state index in [1.807, 2.05) is 6.07 Å². The third-order valence-corrected chi connectivity index (χ3v) is 4.14. The molecule has 2 aromatic rings. The van der Waals surface area contributed by atoms with Crippen molar-refractivity contribution in [2.24, 2.45) is 0 Å². The molecule has 21 heavy (non-hydrogen) atoms. The number of hydrogen-bond acceptors (Lipinski definition) is 5. The van der Waals surface area contributed by atoms with Crippen LogP contribution in [0.2, 0.25) is 0 Å². The van der Waals surface area contributed by atoms with Crippen molar-refractivity contribution in [3.63, 3.8) is 0 Å². The molecular weight excluding hydrogens is 424 g/mol. The lowest BCUT2D eigenvalue weighted by atomic mass is 10.0. The molecule has 0 saturated carbocycles. The van der Waals surface area contributed by atoms with E-state index >= 15 is 0 Å². The molecule has 5 nitrogen and oxygen atoms in total. The molecule has 1 unspecified atom stereocenters. The van der Waals surface area contributed by atoms with E-state index in [2.05, 4.69) is 41.8 Å². The highest BCUT2D eigenvalue weighted by Gasteiger charge is 2.19. The lowest BCUT2D eigenvalue weighted by molar-refractivity contribution is 0.215. The van der Waals surface area contributed by atoms with Crippen LogP contribution in [-0.4, -0.2) is 24.6 Å². The zero-order chi connectivity index (χ0) is 15.5. The highest BCUT2D eigenvalue weighted by molar-refractivity contribution is 9.10. The van der Waals surface area contributed by atoms with Gasteiger partial charge in [0.2, 0.25) is 0 Å². The third kappa shape index (κ3) is 5.46. The summed E-state index contributed by atoms with van der Waals surface area (Å²) in [5.41, 5.74) is 1.56. The fourth-order valence-corrected chi connectivity index (χ4v) is 2.81. The second-order valence-electron chi connectivity index (χ2n) is 4.40. The van der Waals surface area contributed by atoms with Gasteiger partial charge < -0.3 is 0 Å². The van der Waals surface area contributed by atoms with Crippen LogP contribution in [0, 0.1) is 0 Å². The standard InChI is InChI=1S/C13H12Br2N2O3S/c1-21(18,19)20-11(10-3-5-13(15)17-8-10)6-9-2-4-12(14)16-7-9/h2-5,7-8,11H,6H2,1H3. The van der Waals surface area contributed by atoms with Crippen LogP contribution in [0.25, 0.3) is 0 Å². The van der Waals surface area contributed by atoms with Crippen LogP contribution in [0.15, 0.2) is 45.9 Å². The van der Waals surface area contributed by atoms with Gasteiger partial charge in [-0.05, 0) is 49.6 Å². The lowest BCUT2D eigenvalue weighted by Gasteiger charge is -2.16. The van der Waals surface area contributed by atoms with Gasteiger partial charge in [-0.3, -0.25) is 4.18 Å². The molecule has 2 aromatic heterocycles. The van der Waals surface area contributed by atoms with Crippen LogP contribution in [0.3, 0.4) is 0 Å². The van der Waals surface area contributed by atoms with Crippen molar-refractivity contribution in [1.82, 2.24) is 9.97 Å². The minimum Gasteiger partial charge on any atom is -0.262 e. The maximum atomic E-state index is 11.5. The molecule has 112 valence electrons. The molecule has 0 aliphatic heterocycles. The van der Waals surface area contributed by atoms with Crippen molar-refractivity contribution in [2.45, 2.75) is 12.5 Å². The minimum absolute atomic E-state index is 0.386. The fourth-order valence-electron chi connectivity index (χ4n) is 1.74. The number of nitrogens with zero attached hydrogens (tertiary/aromatic N) is 2. The van der Waals surface area contributed by atoms with E-state index in [0.717, 1.165) is 16.4 Å². The molecule has 8 heteroatoms. The molecule has 0 bridgehead atoms. The van der Waals surface area contributed by atoms with Gasteiger partial charge >= 0.3 is 0 Å². The maximum absolute atomic E-state index is 11.5. The van der Waals surface area contributed by atoms with Crippen molar-refractivity contribution < 1.29 is 12.6 Å². The monoisotopic (exact) mass is 434 g/mol. The zero-order valence-electron chi connectivity index (χ0n) is 11.0. The first-order valence-electron chi connectivity index (χ1n) is 5.93. The Hall–Kier alpha value is -0.830. The van der Waals surface area contributed by atoms with Gasteiger partial charge in [0.15, 0.2) is 0 Å². The average Bonchev–Trinajstić information content (AvgIpc) is 2.40.